The lowest BCUT2D eigenvalue weighted by molar-refractivity contribution is -0.141. The minimum Gasteiger partial charge on any atom is -0.477 e. The number of halogens is 3. The molecule has 0 spiro atoms. The van der Waals surface area contributed by atoms with Crippen molar-refractivity contribution < 1.29 is 31.2 Å². The Kier molecular flexibility index (Phi) is 5.43. The van der Waals surface area contributed by atoms with Gasteiger partial charge in [0.1, 0.15) is 5.60 Å². The van der Waals surface area contributed by atoms with E-state index >= 15 is 0 Å². The summed E-state index contributed by atoms with van der Waals surface area (Å²) in [7, 11) is -2.81. The lowest BCUT2D eigenvalue weighted by Crippen LogP contribution is -2.23. The largest absolute Gasteiger partial charge is 0.477 e. The molecule has 3 rings (SSSR count). The van der Waals surface area contributed by atoms with E-state index in [4.69, 9.17) is 9.57 Å². The Balaban J connectivity index is 1.93. The highest BCUT2D eigenvalue weighted by Gasteiger charge is 2.42. The summed E-state index contributed by atoms with van der Waals surface area (Å²) in [5.41, 5.74) is -0.327. The zero-order valence-corrected chi connectivity index (χ0v) is 16.8. The molecule has 11 heteroatoms. The molecule has 1 fully saturated rings. The van der Waals surface area contributed by atoms with Crippen molar-refractivity contribution in [3.63, 3.8) is 0 Å². The fourth-order valence-electron chi connectivity index (χ4n) is 3.44. The number of rotatable bonds is 6. The summed E-state index contributed by atoms with van der Waals surface area (Å²) in [6.07, 6.45) is 0.533. The third kappa shape index (κ3) is 4.45. The average Bonchev–Trinajstić information content (AvgIpc) is 3.25. The van der Waals surface area contributed by atoms with E-state index in [-0.39, 0.29) is 23.4 Å². The Morgan fingerprint density at radius 1 is 1.36 bits per heavy atom. The van der Waals surface area contributed by atoms with Crippen molar-refractivity contribution in [2.24, 2.45) is 13.0 Å². The van der Waals surface area contributed by atoms with Crippen molar-refractivity contribution in [1.29, 1.82) is 0 Å². The van der Waals surface area contributed by atoms with Crippen LogP contribution in [0.4, 0.5) is 13.2 Å². The van der Waals surface area contributed by atoms with Gasteiger partial charge in [-0.25, -0.2) is 13.1 Å². The molecule has 0 amide bonds. The molecule has 1 saturated carbocycles. The molecule has 158 valence electrons. The molecule has 7 nitrogen and oxygen atoms in total. The van der Waals surface area contributed by atoms with Crippen LogP contribution in [0.2, 0.25) is 0 Å². The summed E-state index contributed by atoms with van der Waals surface area (Å²) in [6, 6.07) is 0. The zero-order chi connectivity index (χ0) is 20.7. The number of aryl methyl sites for hydroxylation is 1. The maximum absolute atomic E-state index is 13.5. The number of nitrogens with one attached hydrogen (secondary N) is 1. The fraction of sp³-hybridized carbons (Fsp3) is 0.706. The maximum atomic E-state index is 13.5. The van der Waals surface area contributed by atoms with Crippen molar-refractivity contribution in [2.45, 2.75) is 57.1 Å². The van der Waals surface area contributed by atoms with Crippen LogP contribution in [0.1, 0.15) is 50.8 Å². The third-order valence-corrected chi connectivity index (χ3v) is 6.39. The second-order valence-corrected chi connectivity index (χ2v) is 9.75. The average molecular weight is 423 g/mol. The Labute approximate surface area is 161 Å². The molecule has 0 aromatic carbocycles. The predicted octanol–water partition coefficient (Wildman–Crippen LogP) is 3.08. The van der Waals surface area contributed by atoms with Gasteiger partial charge in [-0.05, 0) is 38.7 Å². The molecule has 0 radical (unpaired) electrons. The van der Waals surface area contributed by atoms with Gasteiger partial charge in [-0.15, -0.1) is 0 Å². The van der Waals surface area contributed by atoms with Crippen molar-refractivity contribution in [1.82, 2.24) is 15.3 Å². The van der Waals surface area contributed by atoms with Crippen molar-refractivity contribution in [3.05, 3.63) is 22.4 Å². The summed E-state index contributed by atoms with van der Waals surface area (Å²) in [4.78, 5) is 5.13. The Hall–Kier alpha value is -1.75. The smallest absolute Gasteiger partial charge is 0.435 e. The van der Waals surface area contributed by atoms with Gasteiger partial charge in [0, 0.05) is 7.05 Å². The summed E-state index contributed by atoms with van der Waals surface area (Å²) >= 11 is 0. The van der Waals surface area contributed by atoms with Crippen LogP contribution in [-0.2, 0) is 33.7 Å². The van der Waals surface area contributed by atoms with Crippen LogP contribution in [-0.4, -0.2) is 30.4 Å². The summed E-state index contributed by atoms with van der Waals surface area (Å²) in [6.45, 7) is 3.49. The topological polar surface area (TPSA) is 82.5 Å². The quantitative estimate of drug-likeness (QED) is 0.757. The van der Waals surface area contributed by atoms with E-state index in [1.54, 1.807) is 13.8 Å². The van der Waals surface area contributed by atoms with Crippen LogP contribution < -0.4 is 10.2 Å². The Morgan fingerprint density at radius 2 is 2.00 bits per heavy atom. The van der Waals surface area contributed by atoms with Gasteiger partial charge in [-0.1, -0.05) is 12.8 Å². The van der Waals surface area contributed by atoms with Gasteiger partial charge in [0.25, 0.3) is 0 Å². The highest BCUT2D eigenvalue weighted by atomic mass is 32.2. The number of hydrogen-bond donors (Lipinski definition) is 1. The second-order valence-electron chi connectivity index (χ2n) is 7.79. The van der Waals surface area contributed by atoms with E-state index in [9.17, 15) is 21.6 Å². The molecule has 1 aliphatic carbocycles. The van der Waals surface area contributed by atoms with Crippen molar-refractivity contribution in [2.75, 3.05) is 6.61 Å². The van der Waals surface area contributed by atoms with Gasteiger partial charge in [0.05, 0.1) is 17.9 Å². The monoisotopic (exact) mass is 423 g/mol. The molecule has 0 atom stereocenters. The van der Waals surface area contributed by atoms with Gasteiger partial charge in [0.2, 0.25) is 5.88 Å². The highest BCUT2D eigenvalue weighted by molar-refractivity contribution is 7.94. The fourth-order valence-corrected chi connectivity index (χ4v) is 4.87. The maximum Gasteiger partial charge on any atom is 0.435 e. The summed E-state index contributed by atoms with van der Waals surface area (Å²) in [5.74, 6) is -0.808. The number of sulfone groups is 1. The third-order valence-electron chi connectivity index (χ3n) is 4.85. The molecule has 1 aliphatic heterocycles. The molecule has 1 aromatic rings. The number of ether oxygens (including phenoxy) is 1. The van der Waals surface area contributed by atoms with E-state index in [0.29, 0.717) is 0 Å². The van der Waals surface area contributed by atoms with E-state index in [0.717, 1.165) is 30.4 Å². The van der Waals surface area contributed by atoms with Gasteiger partial charge >= 0.3 is 6.18 Å². The van der Waals surface area contributed by atoms with E-state index in [1.807, 2.05) is 0 Å². The lowest BCUT2D eigenvalue weighted by Gasteiger charge is -2.14. The van der Waals surface area contributed by atoms with Crippen molar-refractivity contribution in [3.8, 4) is 5.88 Å². The number of alkyl halides is 3. The van der Waals surface area contributed by atoms with Crippen LogP contribution in [0, 0.1) is 5.92 Å². The first kappa shape index (κ1) is 21.0. The van der Waals surface area contributed by atoms with E-state index in [2.05, 4.69) is 10.6 Å². The number of hydrogen-bond acceptors (Lipinski definition) is 6. The molecular formula is C17H24F3N3O4S. The molecule has 1 N–H and O–H groups in total. The zero-order valence-electron chi connectivity index (χ0n) is 16.0. The molecule has 2 heterocycles. The lowest BCUT2D eigenvalue weighted by atomic mass is 10.1. The number of aromatic nitrogens is 2. The van der Waals surface area contributed by atoms with Gasteiger partial charge in [0.15, 0.2) is 20.6 Å². The van der Waals surface area contributed by atoms with E-state index in [1.165, 1.54) is 13.1 Å². The number of hydroxylamine groups is 1. The van der Waals surface area contributed by atoms with Crippen LogP contribution in [0.5, 0.6) is 5.88 Å². The van der Waals surface area contributed by atoms with Gasteiger partial charge in [-0.3, -0.25) is 10.3 Å². The molecular weight excluding hydrogens is 399 g/mol. The molecule has 28 heavy (non-hydrogen) atoms. The highest BCUT2D eigenvalue weighted by Crippen LogP contribution is 2.38. The summed E-state index contributed by atoms with van der Waals surface area (Å²) < 4.78 is 72.5. The summed E-state index contributed by atoms with van der Waals surface area (Å²) in [5, 5.41) is 3.23. The van der Waals surface area contributed by atoms with Gasteiger partial charge in [-0.2, -0.15) is 18.3 Å². The minimum atomic E-state index is -4.80. The molecule has 0 bridgehead atoms. The first-order valence-corrected chi connectivity index (χ1v) is 10.7. The molecule has 0 saturated heterocycles. The standard InChI is InChI=1S/C17H24F3N3O4S/c1-16(2)8-13(22-27-16)28(24,25)10-12-14(17(18,19)20)21-23(3)15(12)26-9-11-6-4-5-7-11/h8,11,22H,4-7,9-10H2,1-3H3. The normalized spacial score (nSPS) is 20.3. The molecule has 2 aliphatic rings. The SMILES string of the molecule is Cn1nc(C(F)(F)F)c(CS(=O)(=O)C2=CC(C)(C)ON2)c1OCC1CCCC1. The van der Waals surface area contributed by atoms with Crippen LogP contribution in [0.25, 0.3) is 0 Å². The Morgan fingerprint density at radius 3 is 2.54 bits per heavy atom. The van der Waals surface area contributed by atoms with Crippen molar-refractivity contribution >= 4 is 9.84 Å². The van der Waals surface area contributed by atoms with E-state index < -0.39 is 38.6 Å². The minimum absolute atomic E-state index is 0.165. The predicted molar refractivity (Wildman–Crippen MR) is 94.7 cm³/mol. The molecule has 0 unspecified atom stereocenters. The van der Waals surface area contributed by atoms with Crippen LogP contribution >= 0.6 is 0 Å². The first-order chi connectivity index (χ1) is 12.9. The van der Waals surface area contributed by atoms with Gasteiger partial charge < -0.3 is 4.74 Å². The first-order valence-electron chi connectivity index (χ1n) is 9.04. The van der Waals surface area contributed by atoms with Crippen LogP contribution in [0.3, 0.4) is 0 Å². The van der Waals surface area contributed by atoms with Crippen LogP contribution in [0.15, 0.2) is 11.1 Å². The molecule has 1 aromatic heterocycles. The second kappa shape index (κ2) is 7.25. The Bertz CT molecular complexity index is 869. The number of nitrogens with zero attached hydrogens (tertiary/aromatic N) is 2.